The van der Waals surface area contributed by atoms with E-state index in [1.807, 2.05) is 0 Å². The second-order valence-electron chi connectivity index (χ2n) is 5.22. The van der Waals surface area contributed by atoms with Crippen molar-refractivity contribution in [3.63, 3.8) is 0 Å². The molecular weight excluding hydrogens is 382 g/mol. The zero-order valence-corrected chi connectivity index (χ0v) is 15.3. The van der Waals surface area contributed by atoms with Crippen LogP contribution in [0.25, 0.3) is 0 Å². The third-order valence-electron chi connectivity index (χ3n) is 3.19. The van der Waals surface area contributed by atoms with Gasteiger partial charge in [-0.2, -0.15) is 0 Å². The highest BCUT2D eigenvalue weighted by Crippen LogP contribution is 2.15. The van der Waals surface area contributed by atoms with Crippen LogP contribution in [0.1, 0.15) is 11.3 Å². The molecule has 0 saturated carbocycles. The van der Waals surface area contributed by atoms with Gasteiger partial charge in [0, 0.05) is 27.7 Å². The van der Waals surface area contributed by atoms with Gasteiger partial charge in [0.25, 0.3) is 11.5 Å². The first-order valence-corrected chi connectivity index (χ1v) is 8.99. The van der Waals surface area contributed by atoms with Gasteiger partial charge in [0.15, 0.2) is 6.61 Å². The molecule has 0 saturated heterocycles. The number of benzene rings is 1. The van der Waals surface area contributed by atoms with Crippen molar-refractivity contribution < 1.29 is 14.3 Å². The molecule has 0 bridgehead atoms. The van der Waals surface area contributed by atoms with Gasteiger partial charge in [-0.25, -0.2) is 4.79 Å². The fourth-order valence-corrected chi connectivity index (χ4v) is 3.08. The number of ether oxygens (including phenoxy) is 1. The standard InChI is InChI=1S/C16H16ClN3O5S/c1-9-12(15(23)20-16(24)18-9)7-26-8-14(22)25-6-13(21)19-11-4-2-3-10(17)5-11/h2-5H,6-8H2,1H3,(H,19,21)(H2,18,20,23,24). The second kappa shape index (κ2) is 9.25. The Kier molecular flexibility index (Phi) is 7.05. The number of nitrogens with one attached hydrogen (secondary N) is 3. The molecule has 8 nitrogen and oxygen atoms in total. The van der Waals surface area contributed by atoms with Gasteiger partial charge in [-0.3, -0.25) is 19.4 Å². The van der Waals surface area contributed by atoms with Crippen LogP contribution >= 0.6 is 23.4 Å². The molecule has 0 aliphatic rings. The van der Waals surface area contributed by atoms with Gasteiger partial charge >= 0.3 is 11.7 Å². The number of thioether (sulfide) groups is 1. The highest BCUT2D eigenvalue weighted by Gasteiger charge is 2.11. The molecule has 1 amide bonds. The molecular formula is C16H16ClN3O5S. The summed E-state index contributed by atoms with van der Waals surface area (Å²) in [7, 11) is 0. The number of carbonyl (C=O) groups excluding carboxylic acids is 2. The summed E-state index contributed by atoms with van der Waals surface area (Å²) in [6, 6.07) is 6.58. The van der Waals surface area contributed by atoms with Crippen LogP contribution in [0.5, 0.6) is 0 Å². The molecule has 3 N–H and O–H groups in total. The van der Waals surface area contributed by atoms with Gasteiger partial charge in [-0.05, 0) is 25.1 Å². The third-order valence-corrected chi connectivity index (χ3v) is 4.36. The van der Waals surface area contributed by atoms with Crippen molar-refractivity contribution >= 4 is 40.9 Å². The Labute approximate surface area is 157 Å². The number of esters is 1. The van der Waals surface area contributed by atoms with E-state index in [2.05, 4.69) is 15.3 Å². The van der Waals surface area contributed by atoms with Crippen molar-refractivity contribution in [2.24, 2.45) is 0 Å². The van der Waals surface area contributed by atoms with E-state index in [0.29, 0.717) is 22.0 Å². The zero-order chi connectivity index (χ0) is 19.1. The second-order valence-corrected chi connectivity index (χ2v) is 6.65. The summed E-state index contributed by atoms with van der Waals surface area (Å²) in [6.45, 7) is 1.18. The minimum Gasteiger partial charge on any atom is -0.455 e. The van der Waals surface area contributed by atoms with Crippen molar-refractivity contribution in [1.29, 1.82) is 0 Å². The quantitative estimate of drug-likeness (QED) is 0.608. The van der Waals surface area contributed by atoms with Crippen LogP contribution in [0.2, 0.25) is 5.02 Å². The number of H-pyrrole nitrogens is 2. The fourth-order valence-electron chi connectivity index (χ4n) is 1.99. The predicted octanol–water partition coefficient (Wildman–Crippen LogP) is 1.44. The Hall–Kier alpha value is -2.52. The zero-order valence-electron chi connectivity index (χ0n) is 13.8. The molecule has 1 heterocycles. The molecule has 10 heteroatoms. The van der Waals surface area contributed by atoms with Gasteiger partial charge in [0.2, 0.25) is 0 Å². The molecule has 0 spiro atoms. The van der Waals surface area contributed by atoms with Gasteiger partial charge in [-0.1, -0.05) is 17.7 Å². The maximum atomic E-state index is 11.7. The first-order chi connectivity index (χ1) is 12.3. The normalized spacial score (nSPS) is 10.4. The monoisotopic (exact) mass is 397 g/mol. The summed E-state index contributed by atoms with van der Waals surface area (Å²) >= 11 is 6.95. The molecule has 1 aromatic heterocycles. The van der Waals surface area contributed by atoms with Crippen LogP contribution in [-0.2, 0) is 20.1 Å². The predicted molar refractivity (Wildman–Crippen MR) is 99.6 cm³/mol. The van der Waals surface area contributed by atoms with Crippen LogP contribution in [0, 0.1) is 6.92 Å². The molecule has 0 aliphatic carbocycles. The lowest BCUT2D eigenvalue weighted by molar-refractivity contribution is -0.144. The van der Waals surface area contributed by atoms with E-state index in [4.69, 9.17) is 16.3 Å². The Balaban J connectivity index is 1.75. The Morgan fingerprint density at radius 3 is 2.73 bits per heavy atom. The number of hydrogen-bond donors (Lipinski definition) is 3. The number of rotatable bonds is 7. The number of hydrogen-bond acceptors (Lipinski definition) is 6. The minimum absolute atomic E-state index is 0.0392. The number of aromatic amines is 2. The SMILES string of the molecule is Cc1[nH]c(=O)[nH]c(=O)c1CSCC(=O)OCC(=O)Nc1cccc(Cl)c1. The van der Waals surface area contributed by atoms with Gasteiger partial charge in [0.05, 0.1) is 5.75 Å². The third kappa shape index (κ3) is 6.08. The molecule has 2 aromatic rings. The summed E-state index contributed by atoms with van der Waals surface area (Å²) in [4.78, 5) is 50.8. The topological polar surface area (TPSA) is 121 Å². The average Bonchev–Trinajstić information content (AvgIpc) is 2.55. The Bertz CT molecular complexity index is 925. The maximum absolute atomic E-state index is 11.7. The van der Waals surface area contributed by atoms with Gasteiger partial charge in [-0.15, -0.1) is 11.8 Å². The summed E-state index contributed by atoms with van der Waals surface area (Å²) < 4.78 is 4.88. The van der Waals surface area contributed by atoms with Crippen molar-refractivity contribution in [3.8, 4) is 0 Å². The minimum atomic E-state index is -0.588. The highest BCUT2D eigenvalue weighted by atomic mass is 35.5. The largest absolute Gasteiger partial charge is 0.455 e. The van der Waals surface area contributed by atoms with E-state index in [0.717, 1.165) is 11.8 Å². The molecule has 0 aliphatic heterocycles. The van der Waals surface area contributed by atoms with E-state index >= 15 is 0 Å². The summed E-state index contributed by atoms with van der Waals surface area (Å²) in [5.74, 6) is -0.891. The van der Waals surface area contributed by atoms with Crippen LogP contribution in [0.4, 0.5) is 5.69 Å². The lowest BCUT2D eigenvalue weighted by Gasteiger charge is -2.07. The first kappa shape index (κ1) is 19.8. The van der Waals surface area contributed by atoms with Gasteiger partial charge in [0.1, 0.15) is 0 Å². The van der Waals surface area contributed by atoms with Crippen LogP contribution < -0.4 is 16.6 Å². The van der Waals surface area contributed by atoms with Gasteiger partial charge < -0.3 is 15.0 Å². The number of halogens is 1. The number of amides is 1. The molecule has 138 valence electrons. The highest BCUT2D eigenvalue weighted by molar-refractivity contribution is 7.99. The summed E-state index contributed by atoms with van der Waals surface area (Å²) in [5.41, 5.74) is 0.252. The molecule has 0 atom stereocenters. The van der Waals surface area contributed by atoms with Crippen molar-refractivity contribution in [1.82, 2.24) is 9.97 Å². The molecule has 0 unspecified atom stereocenters. The maximum Gasteiger partial charge on any atom is 0.325 e. The van der Waals surface area contributed by atoms with E-state index in [1.165, 1.54) is 0 Å². The number of aryl methyl sites for hydroxylation is 1. The number of anilines is 1. The molecule has 0 radical (unpaired) electrons. The molecule has 2 rings (SSSR count). The Morgan fingerprint density at radius 1 is 1.27 bits per heavy atom. The van der Waals surface area contributed by atoms with Crippen LogP contribution in [-0.4, -0.2) is 34.2 Å². The number of aromatic nitrogens is 2. The summed E-state index contributed by atoms with van der Waals surface area (Å²) in [5, 5.41) is 3.03. The van der Waals surface area contributed by atoms with E-state index in [1.54, 1.807) is 31.2 Å². The Morgan fingerprint density at radius 2 is 2.04 bits per heavy atom. The number of carbonyl (C=O) groups is 2. The average molecular weight is 398 g/mol. The van der Waals surface area contributed by atoms with E-state index in [9.17, 15) is 19.2 Å². The molecule has 26 heavy (non-hydrogen) atoms. The lowest BCUT2D eigenvalue weighted by Crippen LogP contribution is -2.26. The van der Waals surface area contributed by atoms with E-state index < -0.39 is 29.7 Å². The smallest absolute Gasteiger partial charge is 0.325 e. The van der Waals surface area contributed by atoms with Crippen LogP contribution in [0.3, 0.4) is 0 Å². The van der Waals surface area contributed by atoms with Crippen LogP contribution in [0.15, 0.2) is 33.9 Å². The molecule has 0 fully saturated rings. The lowest BCUT2D eigenvalue weighted by atomic mass is 10.3. The van der Waals surface area contributed by atoms with Crippen molar-refractivity contribution in [2.45, 2.75) is 12.7 Å². The van der Waals surface area contributed by atoms with E-state index in [-0.39, 0.29) is 11.5 Å². The van der Waals surface area contributed by atoms with Crippen molar-refractivity contribution in [3.05, 3.63) is 61.4 Å². The summed E-state index contributed by atoms with van der Waals surface area (Å²) in [6.07, 6.45) is 0. The fraction of sp³-hybridized carbons (Fsp3) is 0.250. The molecule has 1 aromatic carbocycles. The first-order valence-electron chi connectivity index (χ1n) is 7.46. The van der Waals surface area contributed by atoms with Crippen molar-refractivity contribution in [2.75, 3.05) is 17.7 Å².